The highest BCUT2D eigenvalue weighted by Crippen LogP contribution is 2.22. The number of nitrogens with zero attached hydrogens (tertiary/aromatic N) is 4. The Hall–Kier alpha value is -1.52. The summed E-state index contributed by atoms with van der Waals surface area (Å²) in [4.78, 5) is 6.18. The summed E-state index contributed by atoms with van der Waals surface area (Å²) in [5.74, 6) is 0.610. The molecule has 1 aromatic heterocycles. The van der Waals surface area contributed by atoms with E-state index >= 15 is 0 Å². The monoisotopic (exact) mass is 193 g/mol. The highest BCUT2D eigenvalue weighted by molar-refractivity contribution is 5.80. The lowest BCUT2D eigenvalue weighted by Crippen LogP contribution is -2.32. The SMILES string of the molecule is CCn1cc(C2CN=C(N)N2C)cn1. The first-order valence-electron chi connectivity index (χ1n) is 4.77. The Morgan fingerprint density at radius 2 is 2.43 bits per heavy atom. The van der Waals surface area contributed by atoms with Crippen molar-refractivity contribution in [3.8, 4) is 0 Å². The lowest BCUT2D eigenvalue weighted by atomic mass is 10.1. The number of guanidine groups is 1. The Labute approximate surface area is 83.2 Å². The molecule has 14 heavy (non-hydrogen) atoms. The third-order valence-corrected chi connectivity index (χ3v) is 2.62. The van der Waals surface area contributed by atoms with Gasteiger partial charge in [0.1, 0.15) is 0 Å². The molecule has 0 bridgehead atoms. The number of hydrogen-bond donors (Lipinski definition) is 1. The Balaban J connectivity index is 2.17. The van der Waals surface area contributed by atoms with Gasteiger partial charge in [-0.2, -0.15) is 5.10 Å². The van der Waals surface area contributed by atoms with Crippen LogP contribution in [0.1, 0.15) is 18.5 Å². The minimum Gasteiger partial charge on any atom is -0.370 e. The molecule has 0 aromatic carbocycles. The first kappa shape index (κ1) is 9.05. The second-order valence-corrected chi connectivity index (χ2v) is 3.45. The highest BCUT2D eigenvalue weighted by Gasteiger charge is 2.24. The minimum absolute atomic E-state index is 0.260. The molecule has 1 aliphatic rings. The van der Waals surface area contributed by atoms with E-state index in [4.69, 9.17) is 5.73 Å². The van der Waals surface area contributed by atoms with Gasteiger partial charge in [-0.05, 0) is 6.92 Å². The number of aryl methyl sites for hydroxylation is 1. The van der Waals surface area contributed by atoms with Crippen LogP contribution in [-0.2, 0) is 6.54 Å². The molecule has 0 fully saturated rings. The highest BCUT2D eigenvalue weighted by atomic mass is 15.3. The zero-order chi connectivity index (χ0) is 10.1. The Morgan fingerprint density at radius 1 is 1.64 bits per heavy atom. The van der Waals surface area contributed by atoms with Crippen molar-refractivity contribution in [1.29, 1.82) is 0 Å². The van der Waals surface area contributed by atoms with Crippen molar-refractivity contribution < 1.29 is 0 Å². The topological polar surface area (TPSA) is 59.4 Å². The molecule has 2 heterocycles. The van der Waals surface area contributed by atoms with Gasteiger partial charge in [0, 0.05) is 25.4 Å². The number of hydrogen-bond acceptors (Lipinski definition) is 4. The molecule has 1 aromatic rings. The van der Waals surface area contributed by atoms with Gasteiger partial charge in [-0.15, -0.1) is 0 Å². The van der Waals surface area contributed by atoms with E-state index in [1.54, 1.807) is 0 Å². The third kappa shape index (κ3) is 1.34. The molecular weight excluding hydrogens is 178 g/mol. The van der Waals surface area contributed by atoms with Gasteiger partial charge in [-0.25, -0.2) is 0 Å². The van der Waals surface area contributed by atoms with Crippen molar-refractivity contribution in [3.63, 3.8) is 0 Å². The molecule has 5 heteroatoms. The maximum atomic E-state index is 5.69. The Morgan fingerprint density at radius 3 is 2.93 bits per heavy atom. The zero-order valence-corrected chi connectivity index (χ0v) is 8.51. The maximum Gasteiger partial charge on any atom is 0.191 e. The van der Waals surface area contributed by atoms with Gasteiger partial charge < -0.3 is 10.6 Å². The van der Waals surface area contributed by atoms with Crippen LogP contribution in [0.3, 0.4) is 0 Å². The summed E-state index contributed by atoms with van der Waals surface area (Å²) in [6, 6.07) is 0.260. The molecule has 0 amide bonds. The summed E-state index contributed by atoms with van der Waals surface area (Å²) in [5, 5.41) is 4.24. The van der Waals surface area contributed by atoms with Gasteiger partial charge in [0.15, 0.2) is 5.96 Å². The van der Waals surface area contributed by atoms with Crippen molar-refractivity contribution >= 4 is 5.96 Å². The second kappa shape index (κ2) is 3.32. The standard InChI is InChI=1S/C9H15N5/c1-3-14-6-7(4-12-14)8-5-11-9(10)13(8)2/h4,6,8H,3,5H2,1-2H3,(H2,10,11). The van der Waals surface area contributed by atoms with Crippen LogP contribution in [0.4, 0.5) is 0 Å². The fraction of sp³-hybridized carbons (Fsp3) is 0.556. The van der Waals surface area contributed by atoms with E-state index in [0.717, 1.165) is 13.1 Å². The average Bonchev–Trinajstić information content (AvgIpc) is 2.75. The molecule has 0 spiro atoms. The van der Waals surface area contributed by atoms with E-state index in [1.807, 2.05) is 22.8 Å². The van der Waals surface area contributed by atoms with Gasteiger partial charge >= 0.3 is 0 Å². The normalized spacial score (nSPS) is 21.4. The van der Waals surface area contributed by atoms with Crippen LogP contribution in [-0.4, -0.2) is 34.2 Å². The van der Waals surface area contributed by atoms with Gasteiger partial charge in [-0.1, -0.05) is 0 Å². The molecule has 0 saturated carbocycles. The Bertz CT molecular complexity index is 354. The molecule has 2 N–H and O–H groups in total. The first-order chi connectivity index (χ1) is 6.72. The van der Waals surface area contributed by atoms with Crippen molar-refractivity contribution in [1.82, 2.24) is 14.7 Å². The van der Waals surface area contributed by atoms with Crippen molar-refractivity contribution in [2.24, 2.45) is 10.7 Å². The summed E-state index contributed by atoms with van der Waals surface area (Å²) in [6.07, 6.45) is 3.94. The lowest BCUT2D eigenvalue weighted by molar-refractivity contribution is 0.413. The molecular formula is C9H15N5. The predicted octanol–water partition coefficient (Wildman–Crippen LogP) is 0.204. The van der Waals surface area contributed by atoms with Gasteiger partial charge in [-0.3, -0.25) is 9.67 Å². The zero-order valence-electron chi connectivity index (χ0n) is 8.51. The van der Waals surface area contributed by atoms with Crippen molar-refractivity contribution in [2.45, 2.75) is 19.5 Å². The summed E-state index contributed by atoms with van der Waals surface area (Å²) in [6.45, 7) is 3.70. The van der Waals surface area contributed by atoms with Gasteiger partial charge in [0.05, 0.1) is 18.8 Å². The van der Waals surface area contributed by atoms with E-state index in [1.165, 1.54) is 5.56 Å². The summed E-state index contributed by atoms with van der Waals surface area (Å²) < 4.78 is 1.91. The van der Waals surface area contributed by atoms with Crippen molar-refractivity contribution in [3.05, 3.63) is 18.0 Å². The van der Waals surface area contributed by atoms with E-state index in [2.05, 4.69) is 23.2 Å². The summed E-state index contributed by atoms with van der Waals surface area (Å²) in [7, 11) is 1.96. The van der Waals surface area contributed by atoms with Crippen LogP contribution >= 0.6 is 0 Å². The number of rotatable bonds is 2. The van der Waals surface area contributed by atoms with Gasteiger partial charge in [0.2, 0.25) is 0 Å². The van der Waals surface area contributed by atoms with Crippen LogP contribution in [0.2, 0.25) is 0 Å². The van der Waals surface area contributed by atoms with Gasteiger partial charge in [0.25, 0.3) is 0 Å². The van der Waals surface area contributed by atoms with E-state index in [9.17, 15) is 0 Å². The Kier molecular flexibility index (Phi) is 2.15. The lowest BCUT2D eigenvalue weighted by Gasteiger charge is -2.19. The van der Waals surface area contributed by atoms with E-state index < -0.39 is 0 Å². The molecule has 76 valence electrons. The van der Waals surface area contributed by atoms with Crippen LogP contribution < -0.4 is 5.73 Å². The summed E-state index contributed by atoms with van der Waals surface area (Å²) >= 11 is 0. The largest absolute Gasteiger partial charge is 0.370 e. The molecule has 1 atom stereocenters. The summed E-state index contributed by atoms with van der Waals surface area (Å²) in [5.41, 5.74) is 6.87. The molecule has 1 unspecified atom stereocenters. The fourth-order valence-corrected chi connectivity index (χ4v) is 1.63. The third-order valence-electron chi connectivity index (χ3n) is 2.62. The molecule has 0 radical (unpaired) electrons. The van der Waals surface area contributed by atoms with Crippen LogP contribution in [0.25, 0.3) is 0 Å². The minimum atomic E-state index is 0.260. The van der Waals surface area contributed by atoms with Crippen LogP contribution in [0, 0.1) is 0 Å². The molecule has 5 nitrogen and oxygen atoms in total. The number of likely N-dealkylation sites (N-methyl/N-ethyl adjacent to an activating group) is 1. The number of aromatic nitrogens is 2. The quantitative estimate of drug-likeness (QED) is 0.730. The van der Waals surface area contributed by atoms with Crippen molar-refractivity contribution in [2.75, 3.05) is 13.6 Å². The van der Waals surface area contributed by atoms with E-state index in [-0.39, 0.29) is 6.04 Å². The smallest absolute Gasteiger partial charge is 0.191 e. The first-order valence-corrected chi connectivity index (χ1v) is 4.77. The average molecular weight is 193 g/mol. The van der Waals surface area contributed by atoms with E-state index in [0.29, 0.717) is 5.96 Å². The maximum absolute atomic E-state index is 5.69. The molecule has 0 saturated heterocycles. The molecule has 2 rings (SSSR count). The second-order valence-electron chi connectivity index (χ2n) is 3.45. The molecule has 0 aliphatic carbocycles. The number of nitrogens with two attached hydrogens (primary N) is 1. The van der Waals surface area contributed by atoms with Crippen LogP contribution in [0.5, 0.6) is 0 Å². The fourth-order valence-electron chi connectivity index (χ4n) is 1.63. The molecule has 1 aliphatic heterocycles. The predicted molar refractivity (Wildman–Crippen MR) is 54.9 cm³/mol. The number of aliphatic imine (C=N–C) groups is 1. The van der Waals surface area contributed by atoms with Crippen LogP contribution in [0.15, 0.2) is 17.4 Å².